The van der Waals surface area contributed by atoms with Gasteiger partial charge in [0, 0.05) is 40.5 Å². The normalized spacial score (nSPS) is 10.9. The molecule has 0 radical (unpaired) electrons. The van der Waals surface area contributed by atoms with Gasteiger partial charge in [0.2, 0.25) is 17.4 Å². The van der Waals surface area contributed by atoms with Gasteiger partial charge in [0.05, 0.1) is 48.4 Å². The lowest BCUT2D eigenvalue weighted by Crippen LogP contribution is -2.07. The topological polar surface area (TPSA) is 148 Å². The molecule has 47 heavy (non-hydrogen) atoms. The van der Waals surface area contributed by atoms with Gasteiger partial charge in [0.25, 0.3) is 0 Å². The molecule has 0 atom stereocenters. The highest BCUT2D eigenvalue weighted by atomic mass is 32.1. The molecular formula is C33H33N5O7S2. The number of thiazole rings is 2. The summed E-state index contributed by atoms with van der Waals surface area (Å²) in [6.07, 6.45) is 3.10. The summed E-state index contributed by atoms with van der Waals surface area (Å²) in [7, 11) is 9.27. The number of nitrogen functional groups attached to an aromatic ring is 1. The number of carbonyl (C=O) groups excluding carboxylic acids is 1. The van der Waals surface area contributed by atoms with Crippen LogP contribution in [0.5, 0.6) is 34.5 Å². The predicted molar refractivity (Wildman–Crippen MR) is 186 cm³/mol. The maximum Gasteiger partial charge on any atom is 0.248 e. The second-order valence-electron chi connectivity index (χ2n) is 9.67. The van der Waals surface area contributed by atoms with Gasteiger partial charge in [-0.25, -0.2) is 9.97 Å². The van der Waals surface area contributed by atoms with Crippen LogP contribution in [0.15, 0.2) is 60.0 Å². The molecular weight excluding hydrogens is 643 g/mol. The van der Waals surface area contributed by atoms with Gasteiger partial charge in [-0.1, -0.05) is 23.5 Å². The number of benzene rings is 3. The molecule has 3 aromatic carbocycles. The van der Waals surface area contributed by atoms with E-state index >= 15 is 0 Å². The monoisotopic (exact) mass is 675 g/mol. The molecule has 4 N–H and O–H groups in total. The molecule has 0 aliphatic heterocycles. The summed E-state index contributed by atoms with van der Waals surface area (Å²) in [5.41, 5.74) is 9.90. The summed E-state index contributed by atoms with van der Waals surface area (Å²) in [6, 6.07) is 14.5. The number of nitrogens with two attached hydrogens (primary N) is 1. The summed E-state index contributed by atoms with van der Waals surface area (Å²) in [4.78, 5) is 22.8. The van der Waals surface area contributed by atoms with E-state index in [4.69, 9.17) is 39.1 Å². The fraction of sp³-hybridized carbons (Fsp3) is 0.182. The highest BCUT2D eigenvalue weighted by molar-refractivity contribution is 7.23. The summed E-state index contributed by atoms with van der Waals surface area (Å²) < 4.78 is 32.4. The van der Waals surface area contributed by atoms with Gasteiger partial charge in [0.15, 0.2) is 28.1 Å². The Morgan fingerprint density at radius 3 is 2.00 bits per heavy atom. The van der Waals surface area contributed by atoms with E-state index in [2.05, 4.69) is 15.6 Å². The fourth-order valence-corrected chi connectivity index (χ4v) is 6.47. The van der Waals surface area contributed by atoms with E-state index in [0.717, 1.165) is 21.1 Å². The van der Waals surface area contributed by atoms with Crippen molar-refractivity contribution in [3.63, 3.8) is 0 Å². The Labute approximate surface area is 279 Å². The van der Waals surface area contributed by atoms with E-state index in [1.165, 1.54) is 50.1 Å². The number of amides is 1. The number of nitrogens with zero attached hydrogens (tertiary/aromatic N) is 2. The number of anilines is 4. The van der Waals surface area contributed by atoms with Crippen LogP contribution in [0.25, 0.3) is 27.2 Å². The van der Waals surface area contributed by atoms with Gasteiger partial charge < -0.3 is 44.8 Å². The van der Waals surface area contributed by atoms with Crippen LogP contribution in [0.4, 0.5) is 22.3 Å². The summed E-state index contributed by atoms with van der Waals surface area (Å²) in [5.74, 6) is 3.02. The first-order chi connectivity index (χ1) is 22.8. The largest absolute Gasteiger partial charge is 0.493 e. The van der Waals surface area contributed by atoms with E-state index < -0.39 is 0 Å². The van der Waals surface area contributed by atoms with Gasteiger partial charge in [-0.3, -0.25) is 4.79 Å². The standard InChI is InChI=1S/C33H33N5O7S2/c1-40-23-12-18(13-24(41-2)28(23)44-5)10-11-27(39)35-20-9-7-8-19(14-20)22-17-46-32(37-22)30-31(34)38-33(47-30)36-21-15-25(42-3)29(45-6)26(16-21)43-4/h7-17H,34H2,1-6H3,(H,35,39)(H,36,38)/b11-10+. The minimum absolute atomic E-state index is 0.306. The molecule has 1 amide bonds. The molecule has 5 rings (SSSR count). The molecule has 244 valence electrons. The number of hydrogen-bond donors (Lipinski definition) is 3. The SMILES string of the molecule is COc1cc(/C=C/C(=O)Nc2cccc(-c3csc(-c4sc(Nc5cc(OC)c(OC)c(OC)c5)nc4N)n3)c2)cc(OC)c1OC. The Morgan fingerprint density at radius 1 is 0.787 bits per heavy atom. The molecule has 5 aromatic rings. The van der Waals surface area contributed by atoms with Crippen LogP contribution >= 0.6 is 22.7 Å². The van der Waals surface area contributed by atoms with Gasteiger partial charge in [0.1, 0.15) is 15.7 Å². The van der Waals surface area contributed by atoms with Crippen LogP contribution in [-0.4, -0.2) is 58.5 Å². The summed E-state index contributed by atoms with van der Waals surface area (Å²) in [6.45, 7) is 0. The van der Waals surface area contributed by atoms with Gasteiger partial charge in [-0.15, -0.1) is 11.3 Å². The lowest BCUT2D eigenvalue weighted by Gasteiger charge is -2.14. The van der Waals surface area contributed by atoms with Crippen molar-refractivity contribution in [2.75, 3.05) is 59.0 Å². The molecule has 0 saturated heterocycles. The maximum absolute atomic E-state index is 12.8. The molecule has 2 aromatic heterocycles. The van der Waals surface area contributed by atoms with Crippen molar-refractivity contribution in [1.29, 1.82) is 0 Å². The zero-order valence-corrected chi connectivity index (χ0v) is 28.1. The third-order valence-corrected chi connectivity index (χ3v) is 8.79. The smallest absolute Gasteiger partial charge is 0.248 e. The number of nitrogens with one attached hydrogen (secondary N) is 2. The Kier molecular flexibility index (Phi) is 10.3. The number of methoxy groups -OCH3 is 6. The minimum atomic E-state index is -0.306. The van der Waals surface area contributed by atoms with E-state index in [0.29, 0.717) is 62.4 Å². The first-order valence-corrected chi connectivity index (χ1v) is 15.7. The third-order valence-electron chi connectivity index (χ3n) is 6.81. The first-order valence-electron chi connectivity index (χ1n) is 14.0. The summed E-state index contributed by atoms with van der Waals surface area (Å²) >= 11 is 2.82. The second kappa shape index (κ2) is 14.7. The highest BCUT2D eigenvalue weighted by Crippen LogP contribution is 2.43. The number of carbonyl (C=O) groups is 1. The first kappa shape index (κ1) is 32.9. The van der Waals surface area contributed by atoms with Gasteiger partial charge >= 0.3 is 0 Å². The van der Waals surface area contributed by atoms with Gasteiger partial charge in [-0.05, 0) is 35.9 Å². The van der Waals surface area contributed by atoms with Crippen molar-refractivity contribution in [3.8, 4) is 55.6 Å². The van der Waals surface area contributed by atoms with Crippen molar-refractivity contribution in [1.82, 2.24) is 9.97 Å². The van der Waals surface area contributed by atoms with E-state index in [-0.39, 0.29) is 5.91 Å². The third kappa shape index (κ3) is 7.34. The number of rotatable bonds is 13. The Hall–Kier alpha value is -5.47. The average Bonchev–Trinajstić information content (AvgIpc) is 3.72. The van der Waals surface area contributed by atoms with Crippen molar-refractivity contribution < 1.29 is 33.2 Å². The van der Waals surface area contributed by atoms with Crippen LogP contribution in [0, 0.1) is 0 Å². The fourth-order valence-electron chi connectivity index (χ4n) is 4.64. The van der Waals surface area contributed by atoms with Crippen molar-refractivity contribution >= 4 is 57.0 Å². The minimum Gasteiger partial charge on any atom is -0.493 e. The molecule has 0 unspecified atom stereocenters. The lowest BCUT2D eigenvalue weighted by molar-refractivity contribution is -0.111. The second-order valence-corrected chi connectivity index (χ2v) is 11.5. The van der Waals surface area contributed by atoms with Crippen molar-refractivity contribution in [2.45, 2.75) is 0 Å². The van der Waals surface area contributed by atoms with E-state index in [9.17, 15) is 4.79 Å². The molecule has 0 aliphatic rings. The molecule has 0 bridgehead atoms. The van der Waals surface area contributed by atoms with Gasteiger partial charge in [-0.2, -0.15) is 0 Å². The highest BCUT2D eigenvalue weighted by Gasteiger charge is 2.18. The van der Waals surface area contributed by atoms with Crippen LogP contribution in [0.3, 0.4) is 0 Å². The molecule has 14 heteroatoms. The van der Waals surface area contributed by atoms with E-state index in [1.54, 1.807) is 51.7 Å². The Balaban J connectivity index is 1.29. The number of ether oxygens (including phenoxy) is 6. The van der Waals surface area contributed by atoms with Crippen LogP contribution in [0.2, 0.25) is 0 Å². The molecule has 0 saturated carbocycles. The van der Waals surface area contributed by atoms with Crippen molar-refractivity contribution in [3.05, 3.63) is 65.6 Å². The summed E-state index contributed by atoms with van der Waals surface area (Å²) in [5, 5.41) is 9.39. The predicted octanol–water partition coefficient (Wildman–Crippen LogP) is 6.96. The van der Waals surface area contributed by atoms with E-state index in [1.807, 2.05) is 29.6 Å². The van der Waals surface area contributed by atoms with Crippen LogP contribution in [0.1, 0.15) is 5.56 Å². The number of aromatic nitrogens is 2. The molecule has 0 fully saturated rings. The quantitative estimate of drug-likeness (QED) is 0.111. The molecule has 12 nitrogen and oxygen atoms in total. The lowest BCUT2D eigenvalue weighted by atomic mass is 10.1. The van der Waals surface area contributed by atoms with Crippen molar-refractivity contribution in [2.24, 2.45) is 0 Å². The van der Waals surface area contributed by atoms with Crippen LogP contribution < -0.4 is 44.8 Å². The molecule has 0 spiro atoms. The zero-order valence-electron chi connectivity index (χ0n) is 26.5. The molecule has 2 heterocycles. The Morgan fingerprint density at radius 2 is 1.40 bits per heavy atom. The Bertz CT molecular complexity index is 1870. The van der Waals surface area contributed by atoms with Crippen LogP contribution in [-0.2, 0) is 4.79 Å². The molecule has 0 aliphatic carbocycles. The zero-order chi connectivity index (χ0) is 33.5. The average molecular weight is 676 g/mol. The number of hydrogen-bond acceptors (Lipinski definition) is 13. The maximum atomic E-state index is 12.8.